The number of nitro groups is 1. The Hall–Kier alpha value is -1.96. The molecule has 2 unspecified atom stereocenters. The van der Waals surface area contributed by atoms with Gasteiger partial charge in [0.1, 0.15) is 6.20 Å². The predicted octanol–water partition coefficient (Wildman–Crippen LogP) is 1.01. The summed E-state index contributed by atoms with van der Waals surface area (Å²) in [6.45, 7) is 2.22. The summed E-state index contributed by atoms with van der Waals surface area (Å²) in [5, 5.41) is 14.2. The maximum Gasteiger partial charge on any atom is 0.329 e. The zero-order valence-corrected chi connectivity index (χ0v) is 11.2. The number of hydrogen-bond donors (Lipinski definition) is 2. The summed E-state index contributed by atoms with van der Waals surface area (Å²) in [7, 11) is 0. The molecule has 1 aromatic heterocycles. The van der Waals surface area contributed by atoms with Crippen LogP contribution in [0.5, 0.6) is 0 Å². The van der Waals surface area contributed by atoms with Crippen LogP contribution in [0.3, 0.4) is 0 Å². The van der Waals surface area contributed by atoms with E-state index in [4.69, 9.17) is 5.73 Å². The monoisotopic (exact) mass is 278 g/mol. The Morgan fingerprint density at radius 1 is 1.45 bits per heavy atom. The molecule has 2 fully saturated rings. The van der Waals surface area contributed by atoms with Crippen molar-refractivity contribution < 1.29 is 4.92 Å². The fourth-order valence-corrected chi connectivity index (χ4v) is 3.18. The first-order chi connectivity index (χ1) is 9.63. The van der Waals surface area contributed by atoms with Crippen molar-refractivity contribution in [2.45, 2.75) is 37.8 Å². The molecule has 108 valence electrons. The first-order valence-electron chi connectivity index (χ1n) is 6.91. The minimum atomic E-state index is -0.480. The van der Waals surface area contributed by atoms with E-state index in [0.717, 1.165) is 25.6 Å². The lowest BCUT2D eigenvalue weighted by molar-refractivity contribution is -0.384. The molecule has 8 heteroatoms. The lowest BCUT2D eigenvalue weighted by atomic mass is 9.97. The molecule has 0 spiro atoms. The van der Waals surface area contributed by atoms with Crippen LogP contribution in [0.1, 0.15) is 25.7 Å². The largest absolute Gasteiger partial charge is 0.368 e. The lowest BCUT2D eigenvalue weighted by Gasteiger charge is -2.35. The van der Waals surface area contributed by atoms with Crippen LogP contribution in [0, 0.1) is 10.1 Å². The first kappa shape index (κ1) is 13.0. The Morgan fingerprint density at radius 3 is 3.10 bits per heavy atom. The van der Waals surface area contributed by atoms with E-state index in [1.54, 1.807) is 0 Å². The molecular formula is C12H18N6O2. The summed E-state index contributed by atoms with van der Waals surface area (Å²) in [4.78, 5) is 20.7. The fourth-order valence-electron chi connectivity index (χ4n) is 3.18. The van der Waals surface area contributed by atoms with Gasteiger partial charge in [0.25, 0.3) is 0 Å². The van der Waals surface area contributed by atoms with Crippen LogP contribution in [0.4, 0.5) is 17.5 Å². The van der Waals surface area contributed by atoms with E-state index in [2.05, 4.69) is 20.2 Å². The maximum atomic E-state index is 11.0. The predicted molar refractivity (Wildman–Crippen MR) is 74.3 cm³/mol. The standard InChI is InChI=1S/C12H18N6O2/c13-12-14-7-10(18(19)20)11(16-12)15-8-3-5-17-4-1-2-9(17)6-8/h7-9H,1-6H2,(H3,13,14,15,16). The third-order valence-corrected chi connectivity index (χ3v) is 4.15. The number of nitrogens with one attached hydrogen (secondary N) is 1. The van der Waals surface area contributed by atoms with Gasteiger partial charge in [0.2, 0.25) is 11.8 Å². The minimum absolute atomic E-state index is 0.0522. The minimum Gasteiger partial charge on any atom is -0.368 e. The summed E-state index contributed by atoms with van der Waals surface area (Å²) in [6.07, 6.45) is 5.60. The van der Waals surface area contributed by atoms with Crippen LogP contribution in [0.2, 0.25) is 0 Å². The van der Waals surface area contributed by atoms with E-state index in [1.165, 1.54) is 19.4 Å². The quantitative estimate of drug-likeness (QED) is 0.627. The third kappa shape index (κ3) is 2.51. The Kier molecular flexibility index (Phi) is 3.39. The second-order valence-electron chi connectivity index (χ2n) is 5.42. The van der Waals surface area contributed by atoms with E-state index in [1.807, 2.05) is 0 Å². The summed E-state index contributed by atoms with van der Waals surface area (Å²) in [5.74, 6) is 0.287. The highest BCUT2D eigenvalue weighted by atomic mass is 16.6. The highest BCUT2D eigenvalue weighted by molar-refractivity contribution is 5.56. The van der Waals surface area contributed by atoms with Crippen LogP contribution in [0.25, 0.3) is 0 Å². The molecule has 3 heterocycles. The second kappa shape index (κ2) is 5.20. The smallest absolute Gasteiger partial charge is 0.329 e. The fraction of sp³-hybridized carbons (Fsp3) is 0.667. The molecule has 0 radical (unpaired) electrons. The summed E-state index contributed by atoms with van der Waals surface area (Å²) >= 11 is 0. The molecule has 2 aliphatic rings. The molecule has 0 bridgehead atoms. The average Bonchev–Trinajstić information content (AvgIpc) is 2.85. The van der Waals surface area contributed by atoms with Crippen molar-refractivity contribution in [2.75, 3.05) is 24.1 Å². The number of nitrogens with zero attached hydrogens (tertiary/aromatic N) is 4. The van der Waals surface area contributed by atoms with Gasteiger partial charge in [-0.3, -0.25) is 10.1 Å². The van der Waals surface area contributed by atoms with E-state index >= 15 is 0 Å². The Bertz CT molecular complexity index is 523. The molecule has 2 aliphatic heterocycles. The number of aromatic nitrogens is 2. The van der Waals surface area contributed by atoms with E-state index in [-0.39, 0.29) is 23.5 Å². The molecule has 0 aliphatic carbocycles. The van der Waals surface area contributed by atoms with Gasteiger partial charge in [0, 0.05) is 18.6 Å². The molecule has 0 saturated carbocycles. The highest BCUT2D eigenvalue weighted by Crippen LogP contribution is 2.30. The van der Waals surface area contributed by atoms with Crippen molar-refractivity contribution in [1.29, 1.82) is 0 Å². The number of nitrogens with two attached hydrogens (primary N) is 1. The topological polar surface area (TPSA) is 110 Å². The molecule has 2 saturated heterocycles. The van der Waals surface area contributed by atoms with Gasteiger partial charge in [-0.05, 0) is 32.2 Å². The number of hydrogen-bond acceptors (Lipinski definition) is 7. The SMILES string of the molecule is Nc1ncc([N+](=O)[O-])c(NC2CCN3CCCC3C2)n1. The Morgan fingerprint density at radius 2 is 2.30 bits per heavy atom. The molecule has 8 nitrogen and oxygen atoms in total. The van der Waals surface area contributed by atoms with Crippen molar-refractivity contribution in [1.82, 2.24) is 14.9 Å². The number of anilines is 2. The normalized spacial score (nSPS) is 26.2. The molecule has 3 rings (SSSR count). The van der Waals surface area contributed by atoms with Crippen molar-refractivity contribution in [3.8, 4) is 0 Å². The lowest BCUT2D eigenvalue weighted by Crippen LogP contribution is -2.42. The highest BCUT2D eigenvalue weighted by Gasteiger charge is 2.32. The van der Waals surface area contributed by atoms with Crippen LogP contribution >= 0.6 is 0 Å². The van der Waals surface area contributed by atoms with Crippen molar-refractivity contribution in [2.24, 2.45) is 0 Å². The summed E-state index contributed by atoms with van der Waals surface area (Å²) < 4.78 is 0. The molecule has 20 heavy (non-hydrogen) atoms. The van der Waals surface area contributed by atoms with Gasteiger partial charge in [0.15, 0.2) is 0 Å². The second-order valence-corrected chi connectivity index (χ2v) is 5.42. The zero-order chi connectivity index (χ0) is 14.1. The van der Waals surface area contributed by atoms with Gasteiger partial charge >= 0.3 is 5.69 Å². The van der Waals surface area contributed by atoms with E-state index in [0.29, 0.717) is 6.04 Å². The van der Waals surface area contributed by atoms with Crippen LogP contribution in [0.15, 0.2) is 6.20 Å². The molecule has 0 amide bonds. The number of nitrogen functional groups attached to an aromatic ring is 1. The van der Waals surface area contributed by atoms with E-state index in [9.17, 15) is 10.1 Å². The molecule has 3 N–H and O–H groups in total. The number of fused-ring (bicyclic) bond motifs is 1. The maximum absolute atomic E-state index is 11.0. The molecule has 2 atom stereocenters. The van der Waals surface area contributed by atoms with E-state index < -0.39 is 4.92 Å². The van der Waals surface area contributed by atoms with Crippen molar-refractivity contribution in [3.63, 3.8) is 0 Å². The summed E-state index contributed by atoms with van der Waals surface area (Å²) in [6, 6.07) is 0.807. The molecule has 0 aromatic carbocycles. The van der Waals surface area contributed by atoms with Gasteiger partial charge in [-0.25, -0.2) is 4.98 Å². The van der Waals surface area contributed by atoms with Gasteiger partial charge in [-0.1, -0.05) is 0 Å². The van der Waals surface area contributed by atoms with Gasteiger partial charge in [0.05, 0.1) is 4.92 Å². The molecule has 1 aromatic rings. The van der Waals surface area contributed by atoms with Crippen LogP contribution in [-0.4, -0.2) is 45.0 Å². The zero-order valence-electron chi connectivity index (χ0n) is 11.2. The van der Waals surface area contributed by atoms with Crippen molar-refractivity contribution in [3.05, 3.63) is 16.3 Å². The van der Waals surface area contributed by atoms with Crippen molar-refractivity contribution >= 4 is 17.5 Å². The average molecular weight is 278 g/mol. The Labute approximate surface area is 116 Å². The number of piperidine rings is 1. The van der Waals surface area contributed by atoms with Crippen LogP contribution in [-0.2, 0) is 0 Å². The Balaban J connectivity index is 1.74. The van der Waals surface area contributed by atoms with Gasteiger partial charge < -0.3 is 16.0 Å². The first-order valence-corrected chi connectivity index (χ1v) is 6.91. The van der Waals surface area contributed by atoms with Gasteiger partial charge in [-0.15, -0.1) is 0 Å². The van der Waals surface area contributed by atoms with Crippen LogP contribution < -0.4 is 11.1 Å². The molecular weight excluding hydrogens is 260 g/mol. The number of rotatable bonds is 3. The summed E-state index contributed by atoms with van der Waals surface area (Å²) in [5.41, 5.74) is 5.41. The third-order valence-electron chi connectivity index (χ3n) is 4.15. The van der Waals surface area contributed by atoms with Gasteiger partial charge in [-0.2, -0.15) is 4.98 Å².